The first-order chi connectivity index (χ1) is 16.6. The molecule has 0 aliphatic rings. The number of rotatable bonds is 10. The predicted molar refractivity (Wildman–Crippen MR) is 134 cm³/mol. The van der Waals surface area contributed by atoms with E-state index in [4.69, 9.17) is 9.47 Å². The molecule has 0 saturated heterocycles. The molecule has 4 rings (SSSR count). The van der Waals surface area contributed by atoms with Gasteiger partial charge in [-0.2, -0.15) is 0 Å². The Balaban J connectivity index is 1.45. The van der Waals surface area contributed by atoms with E-state index >= 15 is 0 Å². The molecule has 0 amide bonds. The second-order valence-corrected chi connectivity index (χ2v) is 8.22. The Kier molecular flexibility index (Phi) is 7.76. The number of hydrogen-bond acceptors (Lipinski definition) is 4. The van der Waals surface area contributed by atoms with E-state index in [-0.39, 0.29) is 5.97 Å². The Morgan fingerprint density at radius 3 is 2.47 bits per heavy atom. The fourth-order valence-electron chi connectivity index (χ4n) is 3.93. The van der Waals surface area contributed by atoms with Gasteiger partial charge in [-0.1, -0.05) is 48.5 Å². The second-order valence-electron chi connectivity index (χ2n) is 8.22. The lowest BCUT2D eigenvalue weighted by atomic mass is 10.0. The molecule has 5 heteroatoms. The lowest BCUT2D eigenvalue weighted by molar-refractivity contribution is -0.143. The number of ether oxygens (including phenoxy) is 2. The molecule has 0 atom stereocenters. The molecule has 0 unspecified atom stereocenters. The van der Waals surface area contributed by atoms with Gasteiger partial charge >= 0.3 is 5.97 Å². The first kappa shape index (κ1) is 23.3. The molecule has 0 N–H and O–H groups in total. The van der Waals surface area contributed by atoms with E-state index in [2.05, 4.69) is 46.2 Å². The van der Waals surface area contributed by atoms with Gasteiger partial charge in [-0.15, -0.1) is 0 Å². The van der Waals surface area contributed by atoms with Gasteiger partial charge in [-0.3, -0.25) is 9.78 Å². The first-order valence-electron chi connectivity index (χ1n) is 11.6. The molecule has 2 aromatic carbocycles. The van der Waals surface area contributed by atoms with E-state index in [0.29, 0.717) is 26.1 Å². The fourth-order valence-corrected chi connectivity index (χ4v) is 3.93. The molecule has 174 valence electrons. The third-order valence-corrected chi connectivity index (χ3v) is 5.75. The number of benzene rings is 2. The zero-order valence-electron chi connectivity index (χ0n) is 19.7. The molecule has 5 nitrogen and oxygen atoms in total. The molecular formula is C29H30N2O3. The van der Waals surface area contributed by atoms with Gasteiger partial charge in [0.1, 0.15) is 12.4 Å². The maximum absolute atomic E-state index is 11.9. The van der Waals surface area contributed by atoms with E-state index < -0.39 is 0 Å². The lowest BCUT2D eigenvalue weighted by Gasteiger charge is -2.09. The molecule has 0 fully saturated rings. The van der Waals surface area contributed by atoms with E-state index in [1.807, 2.05) is 56.3 Å². The Morgan fingerprint density at radius 2 is 1.74 bits per heavy atom. The Bertz CT molecular complexity index is 1210. The molecule has 0 saturated carbocycles. The molecule has 2 aromatic heterocycles. The van der Waals surface area contributed by atoms with Crippen molar-refractivity contribution in [2.75, 3.05) is 6.61 Å². The molecule has 0 bridgehead atoms. The van der Waals surface area contributed by atoms with Crippen molar-refractivity contribution in [3.8, 4) is 16.9 Å². The largest absolute Gasteiger partial charge is 0.489 e. The highest BCUT2D eigenvalue weighted by Crippen LogP contribution is 2.27. The standard InChI is InChI=1S/C29H30N2O3/c1-3-33-29(32)16-13-25-19-31(20-28(25)24-8-5-4-6-9-24)18-23-11-14-27(15-12-23)34-21-26-10-7-17-30-22(26)2/h4-12,14-15,17,19-20H,3,13,16,18,21H2,1-2H3. The highest BCUT2D eigenvalue weighted by atomic mass is 16.5. The van der Waals surface area contributed by atoms with Crippen molar-refractivity contribution in [3.63, 3.8) is 0 Å². The van der Waals surface area contributed by atoms with Crippen molar-refractivity contribution in [1.29, 1.82) is 0 Å². The molecular weight excluding hydrogens is 424 g/mol. The summed E-state index contributed by atoms with van der Waals surface area (Å²) in [5.41, 5.74) is 6.69. The van der Waals surface area contributed by atoms with Crippen LogP contribution < -0.4 is 4.74 Å². The number of carbonyl (C=O) groups is 1. The van der Waals surface area contributed by atoms with Gasteiger partial charge in [-0.25, -0.2) is 0 Å². The van der Waals surface area contributed by atoms with Gasteiger partial charge in [0.25, 0.3) is 0 Å². The van der Waals surface area contributed by atoms with Crippen LogP contribution in [0.4, 0.5) is 0 Å². The summed E-state index contributed by atoms with van der Waals surface area (Å²) in [5, 5.41) is 0. The van der Waals surface area contributed by atoms with Crippen molar-refractivity contribution in [2.45, 2.75) is 39.8 Å². The fraction of sp³-hybridized carbons (Fsp3) is 0.241. The summed E-state index contributed by atoms with van der Waals surface area (Å²) in [4.78, 5) is 16.2. The quantitative estimate of drug-likeness (QED) is 0.277. The van der Waals surface area contributed by atoms with Gasteiger partial charge < -0.3 is 14.0 Å². The van der Waals surface area contributed by atoms with E-state index in [1.54, 1.807) is 6.20 Å². The highest BCUT2D eigenvalue weighted by molar-refractivity contribution is 5.72. The van der Waals surface area contributed by atoms with Gasteiger partial charge in [0.2, 0.25) is 0 Å². The zero-order valence-corrected chi connectivity index (χ0v) is 19.7. The maximum Gasteiger partial charge on any atom is 0.306 e. The highest BCUT2D eigenvalue weighted by Gasteiger charge is 2.12. The minimum Gasteiger partial charge on any atom is -0.489 e. The van der Waals surface area contributed by atoms with Crippen LogP contribution in [0, 0.1) is 6.92 Å². The van der Waals surface area contributed by atoms with Crippen LogP contribution in [0.3, 0.4) is 0 Å². The van der Waals surface area contributed by atoms with Crippen LogP contribution in [0.5, 0.6) is 5.75 Å². The number of hydrogen-bond donors (Lipinski definition) is 0. The monoisotopic (exact) mass is 454 g/mol. The number of carbonyl (C=O) groups excluding carboxylic acids is 1. The Labute approximate surface area is 201 Å². The van der Waals surface area contributed by atoms with Crippen molar-refractivity contribution in [3.05, 3.63) is 108 Å². The predicted octanol–water partition coefficient (Wildman–Crippen LogP) is 5.98. The first-order valence-corrected chi connectivity index (χ1v) is 11.6. The minimum absolute atomic E-state index is 0.161. The van der Waals surface area contributed by atoms with Crippen molar-refractivity contribution >= 4 is 5.97 Å². The minimum atomic E-state index is -0.161. The molecule has 4 aromatic rings. The topological polar surface area (TPSA) is 53.4 Å². The summed E-state index contributed by atoms with van der Waals surface area (Å²) >= 11 is 0. The summed E-state index contributed by atoms with van der Waals surface area (Å²) in [5.74, 6) is 0.672. The Morgan fingerprint density at radius 1 is 0.941 bits per heavy atom. The third-order valence-electron chi connectivity index (χ3n) is 5.75. The molecule has 34 heavy (non-hydrogen) atoms. The average Bonchev–Trinajstić information content (AvgIpc) is 3.26. The van der Waals surface area contributed by atoms with Crippen LogP contribution in [0.25, 0.3) is 11.1 Å². The van der Waals surface area contributed by atoms with Gasteiger partial charge in [0, 0.05) is 48.4 Å². The lowest BCUT2D eigenvalue weighted by Crippen LogP contribution is -2.05. The van der Waals surface area contributed by atoms with Gasteiger partial charge in [0.15, 0.2) is 0 Å². The van der Waals surface area contributed by atoms with Crippen LogP contribution in [-0.4, -0.2) is 22.1 Å². The Hall–Kier alpha value is -3.86. The number of pyridine rings is 1. The SMILES string of the molecule is CCOC(=O)CCc1cn(Cc2ccc(OCc3cccnc3C)cc2)cc1-c1ccccc1. The van der Waals surface area contributed by atoms with Crippen LogP contribution in [-0.2, 0) is 29.1 Å². The smallest absolute Gasteiger partial charge is 0.306 e. The van der Waals surface area contributed by atoms with Crippen molar-refractivity contribution < 1.29 is 14.3 Å². The summed E-state index contributed by atoms with van der Waals surface area (Å²) in [6, 6.07) is 22.4. The summed E-state index contributed by atoms with van der Waals surface area (Å²) in [7, 11) is 0. The maximum atomic E-state index is 11.9. The molecule has 0 radical (unpaired) electrons. The van der Waals surface area contributed by atoms with Crippen molar-refractivity contribution in [2.24, 2.45) is 0 Å². The van der Waals surface area contributed by atoms with Crippen LogP contribution in [0.2, 0.25) is 0 Å². The van der Waals surface area contributed by atoms with Crippen molar-refractivity contribution in [1.82, 2.24) is 9.55 Å². The third kappa shape index (κ3) is 6.13. The van der Waals surface area contributed by atoms with Gasteiger partial charge in [-0.05, 0) is 55.2 Å². The molecule has 0 aliphatic carbocycles. The number of esters is 1. The molecule has 0 spiro atoms. The normalized spacial score (nSPS) is 10.8. The van der Waals surface area contributed by atoms with E-state index in [0.717, 1.165) is 40.2 Å². The number of aromatic nitrogens is 2. The van der Waals surface area contributed by atoms with Gasteiger partial charge in [0.05, 0.1) is 6.61 Å². The van der Waals surface area contributed by atoms with E-state index in [9.17, 15) is 4.79 Å². The molecule has 2 heterocycles. The second kappa shape index (κ2) is 11.3. The average molecular weight is 455 g/mol. The number of aryl methyl sites for hydroxylation is 2. The molecule has 0 aliphatic heterocycles. The summed E-state index contributed by atoms with van der Waals surface area (Å²) in [6.07, 6.45) is 7.11. The van der Waals surface area contributed by atoms with Crippen LogP contribution in [0.1, 0.15) is 35.7 Å². The van der Waals surface area contributed by atoms with E-state index in [1.165, 1.54) is 5.56 Å². The summed E-state index contributed by atoms with van der Waals surface area (Å²) < 4.78 is 13.2. The number of nitrogens with zero attached hydrogens (tertiary/aromatic N) is 2. The van der Waals surface area contributed by atoms with Crippen LogP contribution >= 0.6 is 0 Å². The zero-order chi connectivity index (χ0) is 23.8. The van der Waals surface area contributed by atoms with Crippen LogP contribution in [0.15, 0.2) is 85.3 Å². The summed E-state index contributed by atoms with van der Waals surface area (Å²) in [6.45, 7) is 5.47.